The molecule has 0 bridgehead atoms. The van der Waals surface area contributed by atoms with Crippen molar-refractivity contribution in [3.63, 3.8) is 0 Å². The second-order valence-electron chi connectivity index (χ2n) is 4.70. The minimum atomic E-state index is -0.418. The molecule has 110 valence electrons. The van der Waals surface area contributed by atoms with Crippen LogP contribution >= 0.6 is 15.9 Å². The number of hydrogen-bond acceptors (Lipinski definition) is 5. The van der Waals surface area contributed by atoms with E-state index in [1.807, 2.05) is 19.9 Å². The Kier molecular flexibility index (Phi) is 4.47. The van der Waals surface area contributed by atoms with Gasteiger partial charge < -0.3 is 15.8 Å². The third-order valence-electron chi connectivity index (χ3n) is 3.07. The molecule has 1 heterocycles. The number of halogens is 1. The highest BCUT2D eigenvalue weighted by molar-refractivity contribution is 9.10. The number of esters is 1. The summed E-state index contributed by atoms with van der Waals surface area (Å²) in [4.78, 5) is 16.1. The standard InChI is InChI=1S/C15H16BrN3O2/c1-8-4-12(16)14(18-7-8)19-13-6-10(17)5-11(9(13)2)15(20)21-3/h4-7H,17H2,1-3H3,(H,18,19). The molecule has 2 rings (SSSR count). The van der Waals surface area contributed by atoms with Crippen molar-refractivity contribution in [2.45, 2.75) is 13.8 Å². The molecule has 0 saturated heterocycles. The van der Waals surface area contributed by atoms with E-state index >= 15 is 0 Å². The maximum atomic E-state index is 11.8. The SMILES string of the molecule is COC(=O)c1cc(N)cc(Nc2ncc(C)cc2Br)c1C. The first-order chi connectivity index (χ1) is 9.92. The van der Waals surface area contributed by atoms with Crippen LogP contribution < -0.4 is 11.1 Å². The third kappa shape index (κ3) is 3.33. The summed E-state index contributed by atoms with van der Waals surface area (Å²) < 4.78 is 5.61. The number of nitrogen functional groups attached to an aromatic ring is 1. The van der Waals surface area contributed by atoms with Crippen LogP contribution in [0.1, 0.15) is 21.5 Å². The lowest BCUT2D eigenvalue weighted by molar-refractivity contribution is 0.0600. The van der Waals surface area contributed by atoms with Crippen LogP contribution in [0.5, 0.6) is 0 Å². The first-order valence-corrected chi connectivity index (χ1v) is 7.09. The van der Waals surface area contributed by atoms with E-state index in [1.165, 1.54) is 7.11 Å². The third-order valence-corrected chi connectivity index (χ3v) is 3.67. The predicted molar refractivity (Wildman–Crippen MR) is 86.9 cm³/mol. The topological polar surface area (TPSA) is 77.2 Å². The lowest BCUT2D eigenvalue weighted by Gasteiger charge is -2.14. The largest absolute Gasteiger partial charge is 0.465 e. The summed E-state index contributed by atoms with van der Waals surface area (Å²) in [5.41, 5.74) is 9.29. The normalized spacial score (nSPS) is 10.3. The van der Waals surface area contributed by atoms with Crippen LogP contribution in [0.3, 0.4) is 0 Å². The summed E-state index contributed by atoms with van der Waals surface area (Å²) in [6, 6.07) is 5.32. The van der Waals surface area contributed by atoms with Crippen molar-refractivity contribution < 1.29 is 9.53 Å². The number of carbonyl (C=O) groups is 1. The number of methoxy groups -OCH3 is 1. The monoisotopic (exact) mass is 349 g/mol. The number of carbonyl (C=O) groups excluding carboxylic acids is 1. The Morgan fingerprint density at radius 2 is 2.05 bits per heavy atom. The number of nitrogens with zero attached hydrogens (tertiary/aromatic N) is 1. The van der Waals surface area contributed by atoms with Gasteiger partial charge in [-0.05, 0) is 59.1 Å². The van der Waals surface area contributed by atoms with Gasteiger partial charge in [0.05, 0.1) is 17.1 Å². The Bertz CT molecular complexity index is 702. The van der Waals surface area contributed by atoms with Crippen molar-refractivity contribution in [2.75, 3.05) is 18.2 Å². The Balaban J connectivity index is 2.44. The van der Waals surface area contributed by atoms with Gasteiger partial charge in [-0.15, -0.1) is 0 Å². The van der Waals surface area contributed by atoms with Gasteiger partial charge in [0.25, 0.3) is 0 Å². The first kappa shape index (κ1) is 15.3. The highest BCUT2D eigenvalue weighted by atomic mass is 79.9. The fourth-order valence-electron chi connectivity index (χ4n) is 1.94. The van der Waals surface area contributed by atoms with E-state index in [2.05, 4.69) is 26.2 Å². The summed E-state index contributed by atoms with van der Waals surface area (Å²) in [6.45, 7) is 3.79. The molecule has 21 heavy (non-hydrogen) atoms. The number of rotatable bonds is 3. The zero-order chi connectivity index (χ0) is 15.6. The molecule has 5 nitrogen and oxygen atoms in total. The van der Waals surface area contributed by atoms with E-state index in [4.69, 9.17) is 10.5 Å². The van der Waals surface area contributed by atoms with Crippen molar-refractivity contribution in [3.05, 3.63) is 45.6 Å². The van der Waals surface area contributed by atoms with E-state index in [9.17, 15) is 4.79 Å². The Labute approximate surface area is 131 Å². The number of nitrogens with two attached hydrogens (primary N) is 1. The second-order valence-corrected chi connectivity index (χ2v) is 5.56. The van der Waals surface area contributed by atoms with E-state index in [-0.39, 0.29) is 0 Å². The minimum Gasteiger partial charge on any atom is -0.465 e. The van der Waals surface area contributed by atoms with Crippen LogP contribution in [0.25, 0.3) is 0 Å². The summed E-state index contributed by atoms with van der Waals surface area (Å²) in [7, 11) is 1.34. The number of aromatic nitrogens is 1. The van der Waals surface area contributed by atoms with Crippen molar-refractivity contribution in [3.8, 4) is 0 Å². The molecule has 0 aliphatic carbocycles. The summed E-state index contributed by atoms with van der Waals surface area (Å²) in [5.74, 6) is 0.240. The quantitative estimate of drug-likeness (QED) is 0.654. The number of benzene rings is 1. The van der Waals surface area contributed by atoms with Gasteiger partial charge in [0.15, 0.2) is 0 Å². The number of ether oxygens (including phenoxy) is 1. The summed E-state index contributed by atoms with van der Waals surface area (Å²) in [6.07, 6.45) is 1.76. The summed E-state index contributed by atoms with van der Waals surface area (Å²) >= 11 is 3.46. The maximum absolute atomic E-state index is 11.8. The van der Waals surface area contributed by atoms with Crippen LogP contribution in [0.2, 0.25) is 0 Å². The van der Waals surface area contributed by atoms with Gasteiger partial charge in [0.2, 0.25) is 0 Å². The van der Waals surface area contributed by atoms with Crippen LogP contribution in [0.4, 0.5) is 17.2 Å². The van der Waals surface area contributed by atoms with E-state index in [0.29, 0.717) is 22.8 Å². The molecule has 0 fully saturated rings. The molecule has 6 heteroatoms. The zero-order valence-corrected chi connectivity index (χ0v) is 13.6. The van der Waals surface area contributed by atoms with Crippen LogP contribution in [0, 0.1) is 13.8 Å². The van der Waals surface area contributed by atoms with E-state index in [1.54, 1.807) is 18.3 Å². The average Bonchev–Trinajstić information content (AvgIpc) is 2.44. The second kappa shape index (κ2) is 6.13. The molecule has 3 N–H and O–H groups in total. The van der Waals surface area contributed by atoms with Crippen LogP contribution in [-0.4, -0.2) is 18.1 Å². The molecule has 0 spiro atoms. The van der Waals surface area contributed by atoms with Gasteiger partial charge in [-0.25, -0.2) is 9.78 Å². The van der Waals surface area contributed by atoms with Crippen molar-refractivity contribution in [2.24, 2.45) is 0 Å². The molecule has 2 aromatic rings. The molecule has 1 aromatic carbocycles. The highest BCUT2D eigenvalue weighted by Crippen LogP contribution is 2.29. The predicted octanol–water partition coefficient (Wildman–Crippen LogP) is 3.57. The van der Waals surface area contributed by atoms with E-state index in [0.717, 1.165) is 15.6 Å². The van der Waals surface area contributed by atoms with Crippen molar-refractivity contribution in [1.29, 1.82) is 0 Å². The average molecular weight is 350 g/mol. The summed E-state index contributed by atoms with van der Waals surface area (Å²) in [5, 5.41) is 3.18. The van der Waals surface area contributed by atoms with Crippen molar-refractivity contribution in [1.82, 2.24) is 4.98 Å². The molecule has 0 unspecified atom stereocenters. The van der Waals surface area contributed by atoms with Crippen LogP contribution in [0.15, 0.2) is 28.9 Å². The fraction of sp³-hybridized carbons (Fsp3) is 0.200. The fourth-order valence-corrected chi connectivity index (χ4v) is 2.50. The Hall–Kier alpha value is -2.08. The molecule has 1 aromatic heterocycles. The maximum Gasteiger partial charge on any atom is 0.338 e. The molecule has 0 atom stereocenters. The first-order valence-electron chi connectivity index (χ1n) is 6.30. The molecular formula is C15H16BrN3O2. The Morgan fingerprint density at radius 3 is 2.67 bits per heavy atom. The molecule has 0 aliphatic rings. The molecular weight excluding hydrogens is 334 g/mol. The highest BCUT2D eigenvalue weighted by Gasteiger charge is 2.14. The van der Waals surface area contributed by atoms with Gasteiger partial charge in [0, 0.05) is 17.6 Å². The molecule has 0 aliphatic heterocycles. The number of pyridine rings is 1. The molecule has 0 amide bonds. The van der Waals surface area contributed by atoms with Gasteiger partial charge in [-0.3, -0.25) is 0 Å². The lowest BCUT2D eigenvalue weighted by atomic mass is 10.1. The van der Waals surface area contributed by atoms with Gasteiger partial charge in [-0.1, -0.05) is 0 Å². The Morgan fingerprint density at radius 1 is 1.33 bits per heavy atom. The van der Waals surface area contributed by atoms with E-state index < -0.39 is 5.97 Å². The molecule has 0 radical (unpaired) electrons. The van der Waals surface area contributed by atoms with Gasteiger partial charge in [0.1, 0.15) is 5.82 Å². The van der Waals surface area contributed by atoms with Crippen molar-refractivity contribution >= 4 is 39.1 Å². The lowest BCUT2D eigenvalue weighted by Crippen LogP contribution is -2.08. The zero-order valence-electron chi connectivity index (χ0n) is 12.0. The van der Waals surface area contributed by atoms with Crippen LogP contribution in [-0.2, 0) is 4.74 Å². The number of anilines is 3. The number of aryl methyl sites for hydroxylation is 1. The molecule has 0 saturated carbocycles. The van der Waals surface area contributed by atoms with Gasteiger partial charge in [-0.2, -0.15) is 0 Å². The number of hydrogen-bond donors (Lipinski definition) is 2. The number of nitrogens with one attached hydrogen (secondary N) is 1. The smallest absolute Gasteiger partial charge is 0.338 e. The minimum absolute atomic E-state index is 0.418. The van der Waals surface area contributed by atoms with Gasteiger partial charge >= 0.3 is 5.97 Å².